The van der Waals surface area contributed by atoms with E-state index in [1.54, 1.807) is 24.4 Å². The van der Waals surface area contributed by atoms with Crippen molar-refractivity contribution < 1.29 is 14.0 Å². The Labute approximate surface area is 196 Å². The monoisotopic (exact) mass is 471 g/mol. The number of aryl methyl sites for hydroxylation is 1. The minimum absolute atomic E-state index is 0.138. The highest BCUT2D eigenvalue weighted by molar-refractivity contribution is 6.36. The Kier molecular flexibility index (Phi) is 7.12. The zero-order valence-electron chi connectivity index (χ0n) is 17.4. The fraction of sp³-hybridized carbons (Fsp3) is 0.292. The molecule has 3 aromatic rings. The van der Waals surface area contributed by atoms with E-state index >= 15 is 0 Å². The van der Waals surface area contributed by atoms with Crippen molar-refractivity contribution in [1.29, 1.82) is 0 Å². The zero-order valence-corrected chi connectivity index (χ0v) is 19.0. The van der Waals surface area contributed by atoms with E-state index in [9.17, 15) is 9.59 Å². The largest absolute Gasteiger partial charge is 0.441 e. The molecule has 4 rings (SSSR count). The highest BCUT2D eigenvalue weighted by Gasteiger charge is 2.18. The number of carbonyl (C=O) groups is 2. The fourth-order valence-electron chi connectivity index (χ4n) is 3.68. The van der Waals surface area contributed by atoms with Gasteiger partial charge in [-0.3, -0.25) is 9.59 Å². The van der Waals surface area contributed by atoms with Crippen LogP contribution in [0.1, 0.15) is 37.1 Å². The van der Waals surface area contributed by atoms with Crippen LogP contribution in [0.2, 0.25) is 10.0 Å². The van der Waals surface area contributed by atoms with Crippen LogP contribution in [-0.4, -0.2) is 28.2 Å². The summed E-state index contributed by atoms with van der Waals surface area (Å²) in [7, 11) is 0. The number of amides is 2. The molecule has 1 aliphatic heterocycles. The van der Waals surface area contributed by atoms with E-state index in [0.717, 1.165) is 24.9 Å². The third-order valence-electron chi connectivity index (χ3n) is 5.32. The van der Waals surface area contributed by atoms with Crippen molar-refractivity contribution >= 4 is 40.7 Å². The van der Waals surface area contributed by atoms with Crippen molar-refractivity contribution in [2.45, 2.75) is 38.6 Å². The number of piperidine rings is 1. The number of nitrogens with one attached hydrogen (secondary N) is 1. The molecule has 166 valence electrons. The van der Waals surface area contributed by atoms with Gasteiger partial charge in [-0.25, -0.2) is 4.98 Å². The summed E-state index contributed by atoms with van der Waals surface area (Å²) in [6.45, 7) is 1.35. The summed E-state index contributed by atoms with van der Waals surface area (Å²) in [5.41, 5.74) is 2.40. The molecule has 1 aromatic heterocycles. The first-order chi connectivity index (χ1) is 15.5. The van der Waals surface area contributed by atoms with E-state index in [2.05, 4.69) is 10.3 Å². The topological polar surface area (TPSA) is 75.4 Å². The summed E-state index contributed by atoms with van der Waals surface area (Å²) in [6.07, 6.45) is 4.79. The van der Waals surface area contributed by atoms with Crippen molar-refractivity contribution in [2.75, 3.05) is 11.9 Å². The van der Waals surface area contributed by atoms with Gasteiger partial charge >= 0.3 is 0 Å². The number of oxazole rings is 1. The van der Waals surface area contributed by atoms with Gasteiger partial charge in [0.2, 0.25) is 11.8 Å². The summed E-state index contributed by atoms with van der Waals surface area (Å²) in [4.78, 5) is 30.6. The van der Waals surface area contributed by atoms with Crippen molar-refractivity contribution in [3.8, 4) is 11.3 Å². The van der Waals surface area contributed by atoms with Gasteiger partial charge in [-0.1, -0.05) is 35.3 Å². The van der Waals surface area contributed by atoms with Gasteiger partial charge in [0.15, 0.2) is 11.7 Å². The Bertz CT molecular complexity index is 1130. The fourth-order valence-corrected chi connectivity index (χ4v) is 4.18. The van der Waals surface area contributed by atoms with Crippen LogP contribution in [0.4, 0.5) is 5.69 Å². The molecule has 0 radical (unpaired) electrons. The van der Waals surface area contributed by atoms with E-state index in [1.807, 2.05) is 29.2 Å². The standard InChI is InChI=1S/C24H23Cl2N3O3/c25-17-7-8-19(20(26)13-17)21-14-27-23(32-21)10-9-22(30)28-18-5-3-4-16(12-18)15-29-11-2-1-6-24(29)31/h3-5,7-8,12-14H,1-2,6,9-11,15H2,(H,28,30). The number of hydrogen-bond acceptors (Lipinski definition) is 4. The van der Waals surface area contributed by atoms with E-state index in [4.69, 9.17) is 27.6 Å². The first-order valence-corrected chi connectivity index (χ1v) is 11.3. The van der Waals surface area contributed by atoms with Gasteiger partial charge in [-0.2, -0.15) is 0 Å². The first kappa shape index (κ1) is 22.4. The molecule has 32 heavy (non-hydrogen) atoms. The first-order valence-electron chi connectivity index (χ1n) is 10.5. The van der Waals surface area contributed by atoms with Crippen molar-refractivity contribution in [3.05, 3.63) is 70.2 Å². The van der Waals surface area contributed by atoms with E-state index in [-0.39, 0.29) is 18.2 Å². The van der Waals surface area contributed by atoms with E-state index in [0.29, 0.717) is 52.3 Å². The second kappa shape index (κ2) is 10.2. The highest BCUT2D eigenvalue weighted by atomic mass is 35.5. The number of hydrogen-bond donors (Lipinski definition) is 1. The summed E-state index contributed by atoms with van der Waals surface area (Å²) in [6, 6.07) is 12.7. The van der Waals surface area contributed by atoms with Gasteiger partial charge in [-0.15, -0.1) is 0 Å². The number of likely N-dealkylation sites (tertiary alicyclic amines) is 1. The molecule has 2 aromatic carbocycles. The van der Waals surface area contributed by atoms with Crippen LogP contribution < -0.4 is 5.32 Å². The van der Waals surface area contributed by atoms with Crippen molar-refractivity contribution in [2.24, 2.45) is 0 Å². The molecule has 0 unspecified atom stereocenters. The molecule has 0 bridgehead atoms. The lowest BCUT2D eigenvalue weighted by atomic mass is 10.1. The summed E-state index contributed by atoms with van der Waals surface area (Å²) in [5.74, 6) is 1.04. The SMILES string of the molecule is O=C(CCc1ncc(-c2ccc(Cl)cc2Cl)o1)Nc1cccc(CN2CCCCC2=O)c1. The quantitative estimate of drug-likeness (QED) is 0.477. The number of rotatable bonds is 7. The van der Waals surface area contributed by atoms with Crippen molar-refractivity contribution in [3.63, 3.8) is 0 Å². The predicted octanol–water partition coefficient (Wildman–Crippen LogP) is 5.73. The predicted molar refractivity (Wildman–Crippen MR) is 125 cm³/mol. The Balaban J connectivity index is 1.32. The number of carbonyl (C=O) groups excluding carboxylic acids is 2. The molecule has 1 N–H and O–H groups in total. The Morgan fingerprint density at radius 1 is 1.16 bits per heavy atom. The Morgan fingerprint density at radius 3 is 2.84 bits per heavy atom. The molecule has 1 fully saturated rings. The van der Waals surface area contributed by atoms with Crippen LogP contribution in [0.15, 0.2) is 53.1 Å². The average Bonchev–Trinajstić information content (AvgIpc) is 3.23. The van der Waals surface area contributed by atoms with Gasteiger partial charge in [0.25, 0.3) is 0 Å². The summed E-state index contributed by atoms with van der Waals surface area (Å²) < 4.78 is 5.75. The van der Waals surface area contributed by atoms with E-state index in [1.165, 1.54) is 0 Å². The lowest BCUT2D eigenvalue weighted by molar-refractivity contribution is -0.133. The van der Waals surface area contributed by atoms with Crippen LogP contribution in [-0.2, 0) is 22.6 Å². The molecular weight excluding hydrogens is 449 g/mol. The smallest absolute Gasteiger partial charge is 0.224 e. The molecule has 2 amide bonds. The second-order valence-electron chi connectivity index (χ2n) is 7.76. The van der Waals surface area contributed by atoms with Gasteiger partial charge in [0.05, 0.1) is 11.2 Å². The minimum atomic E-state index is -0.138. The summed E-state index contributed by atoms with van der Waals surface area (Å²) >= 11 is 12.1. The Morgan fingerprint density at radius 2 is 2.03 bits per heavy atom. The summed E-state index contributed by atoms with van der Waals surface area (Å²) in [5, 5.41) is 3.93. The maximum absolute atomic E-state index is 12.4. The molecule has 0 aliphatic carbocycles. The number of benzene rings is 2. The third kappa shape index (κ3) is 5.69. The van der Waals surface area contributed by atoms with Gasteiger partial charge in [0.1, 0.15) is 0 Å². The molecule has 0 saturated carbocycles. The zero-order chi connectivity index (χ0) is 22.5. The molecule has 1 saturated heterocycles. The van der Waals surface area contributed by atoms with Gasteiger partial charge in [-0.05, 0) is 48.7 Å². The van der Waals surface area contributed by atoms with Crippen LogP contribution in [0.3, 0.4) is 0 Å². The highest BCUT2D eigenvalue weighted by Crippen LogP contribution is 2.31. The average molecular weight is 472 g/mol. The number of anilines is 1. The van der Waals surface area contributed by atoms with Crippen molar-refractivity contribution in [1.82, 2.24) is 9.88 Å². The second-order valence-corrected chi connectivity index (χ2v) is 8.61. The molecule has 2 heterocycles. The Hall–Kier alpha value is -2.83. The number of aromatic nitrogens is 1. The number of halogens is 2. The van der Waals surface area contributed by atoms with Crippen LogP contribution >= 0.6 is 23.2 Å². The molecule has 8 heteroatoms. The molecule has 0 atom stereocenters. The third-order valence-corrected chi connectivity index (χ3v) is 5.87. The maximum atomic E-state index is 12.4. The normalized spacial score (nSPS) is 13.9. The van der Waals surface area contributed by atoms with Gasteiger partial charge in [0, 0.05) is 48.6 Å². The van der Waals surface area contributed by atoms with Crippen LogP contribution in [0.5, 0.6) is 0 Å². The molecule has 0 spiro atoms. The van der Waals surface area contributed by atoms with Crippen LogP contribution in [0, 0.1) is 0 Å². The van der Waals surface area contributed by atoms with E-state index < -0.39 is 0 Å². The van der Waals surface area contributed by atoms with Gasteiger partial charge < -0.3 is 14.6 Å². The van der Waals surface area contributed by atoms with Crippen LogP contribution in [0.25, 0.3) is 11.3 Å². The molecular formula is C24H23Cl2N3O3. The molecule has 1 aliphatic rings. The maximum Gasteiger partial charge on any atom is 0.224 e. The molecule has 6 nitrogen and oxygen atoms in total. The minimum Gasteiger partial charge on any atom is -0.441 e. The lowest BCUT2D eigenvalue weighted by Gasteiger charge is -2.26. The number of nitrogens with zero attached hydrogens (tertiary/aromatic N) is 2. The lowest BCUT2D eigenvalue weighted by Crippen LogP contribution is -2.34.